The molecule has 1 N–H and O–H groups in total. The fourth-order valence-corrected chi connectivity index (χ4v) is 3.86. The van der Waals surface area contributed by atoms with Crippen molar-refractivity contribution < 1.29 is 9.53 Å². The van der Waals surface area contributed by atoms with Crippen molar-refractivity contribution in [3.05, 3.63) is 29.8 Å². The Bertz CT molecular complexity index is 563. The molecule has 1 aliphatic carbocycles. The number of methoxy groups -OCH3 is 1. The Balaban J connectivity index is 1.39. The molecule has 1 amide bonds. The number of para-hydroxylation sites is 1. The van der Waals surface area contributed by atoms with Gasteiger partial charge in [0.05, 0.1) is 7.11 Å². The van der Waals surface area contributed by atoms with Crippen molar-refractivity contribution in [3.63, 3.8) is 0 Å². The van der Waals surface area contributed by atoms with E-state index in [1.54, 1.807) is 7.11 Å². The van der Waals surface area contributed by atoms with E-state index in [0.29, 0.717) is 24.4 Å². The molecule has 1 saturated carbocycles. The molecule has 2 aliphatic rings. The molecule has 1 aromatic rings. The normalized spacial score (nSPS) is 20.2. The van der Waals surface area contributed by atoms with Crippen molar-refractivity contribution >= 4 is 5.91 Å². The lowest BCUT2D eigenvalue weighted by Crippen LogP contribution is -2.41. The molecule has 0 unspecified atom stereocenters. The Morgan fingerprint density at radius 3 is 2.64 bits per heavy atom. The molecular weight excluding hydrogens is 312 g/mol. The largest absolute Gasteiger partial charge is 0.496 e. The van der Waals surface area contributed by atoms with E-state index in [4.69, 9.17) is 4.74 Å². The molecule has 0 radical (unpaired) electrons. The summed E-state index contributed by atoms with van der Waals surface area (Å²) in [5.41, 5.74) is 1.29. The summed E-state index contributed by atoms with van der Waals surface area (Å²) in [7, 11) is 1.74. The SMILES string of the molecule is COc1ccccc1C[C@@H](C)N1CCC(CCC(=O)NC2CC2)CC1. The van der Waals surface area contributed by atoms with E-state index >= 15 is 0 Å². The second-order valence-corrected chi connectivity index (χ2v) is 7.72. The van der Waals surface area contributed by atoms with Gasteiger partial charge in [0.1, 0.15) is 5.75 Å². The number of rotatable bonds is 8. The molecule has 138 valence electrons. The van der Waals surface area contributed by atoms with Crippen LogP contribution in [0, 0.1) is 5.92 Å². The van der Waals surface area contributed by atoms with Crippen molar-refractivity contribution in [3.8, 4) is 5.75 Å². The third-order valence-corrected chi connectivity index (χ3v) is 5.70. The van der Waals surface area contributed by atoms with E-state index in [0.717, 1.165) is 31.7 Å². The van der Waals surface area contributed by atoms with Gasteiger partial charge in [-0.3, -0.25) is 4.79 Å². The van der Waals surface area contributed by atoms with E-state index < -0.39 is 0 Å². The predicted octanol–water partition coefficient (Wildman–Crippen LogP) is 3.40. The molecule has 0 spiro atoms. The van der Waals surface area contributed by atoms with E-state index in [9.17, 15) is 4.79 Å². The Hall–Kier alpha value is -1.55. The quantitative estimate of drug-likeness (QED) is 0.786. The number of hydrogen-bond acceptors (Lipinski definition) is 3. The third kappa shape index (κ3) is 5.46. The minimum absolute atomic E-state index is 0.259. The van der Waals surface area contributed by atoms with Gasteiger partial charge in [-0.15, -0.1) is 0 Å². The highest BCUT2D eigenvalue weighted by atomic mass is 16.5. The van der Waals surface area contributed by atoms with Crippen LogP contribution in [0.2, 0.25) is 0 Å². The molecule has 4 heteroatoms. The predicted molar refractivity (Wildman–Crippen MR) is 101 cm³/mol. The average Bonchev–Trinajstić information content (AvgIpc) is 3.45. The molecule has 1 aliphatic heterocycles. The van der Waals surface area contributed by atoms with Crippen LogP contribution in [0.1, 0.15) is 51.0 Å². The lowest BCUT2D eigenvalue weighted by Gasteiger charge is -2.36. The Kier molecular flexibility index (Phi) is 6.35. The first-order chi connectivity index (χ1) is 12.2. The topological polar surface area (TPSA) is 41.6 Å². The lowest BCUT2D eigenvalue weighted by atomic mass is 9.90. The van der Waals surface area contributed by atoms with Crippen LogP contribution in [0.5, 0.6) is 5.75 Å². The minimum atomic E-state index is 0.259. The van der Waals surface area contributed by atoms with Gasteiger partial charge in [-0.2, -0.15) is 0 Å². The zero-order valence-electron chi connectivity index (χ0n) is 15.7. The van der Waals surface area contributed by atoms with E-state index in [1.807, 2.05) is 12.1 Å². The average molecular weight is 344 g/mol. The smallest absolute Gasteiger partial charge is 0.220 e. The van der Waals surface area contributed by atoms with E-state index in [1.165, 1.54) is 31.2 Å². The lowest BCUT2D eigenvalue weighted by molar-refractivity contribution is -0.121. The highest BCUT2D eigenvalue weighted by molar-refractivity contribution is 5.76. The first kappa shape index (κ1) is 18.2. The third-order valence-electron chi connectivity index (χ3n) is 5.70. The summed E-state index contributed by atoms with van der Waals surface area (Å²) in [5, 5.41) is 3.10. The fraction of sp³-hybridized carbons (Fsp3) is 0.667. The minimum Gasteiger partial charge on any atom is -0.496 e. The maximum atomic E-state index is 11.8. The van der Waals surface area contributed by atoms with Crippen molar-refractivity contribution in [2.75, 3.05) is 20.2 Å². The van der Waals surface area contributed by atoms with E-state index in [2.05, 4.69) is 29.3 Å². The number of hydrogen-bond donors (Lipinski definition) is 1. The molecule has 0 bridgehead atoms. The van der Waals surface area contributed by atoms with Crippen LogP contribution in [0.25, 0.3) is 0 Å². The molecule has 1 atom stereocenters. The molecule has 2 fully saturated rings. The maximum absolute atomic E-state index is 11.8. The van der Waals surface area contributed by atoms with Crippen LogP contribution in [0.4, 0.5) is 0 Å². The van der Waals surface area contributed by atoms with Gasteiger partial charge in [0.25, 0.3) is 0 Å². The number of carbonyl (C=O) groups excluding carboxylic acids is 1. The van der Waals surface area contributed by atoms with Gasteiger partial charge in [0.15, 0.2) is 0 Å². The molecule has 0 aromatic heterocycles. The maximum Gasteiger partial charge on any atom is 0.220 e. The monoisotopic (exact) mass is 344 g/mol. The molecule has 3 rings (SSSR count). The van der Waals surface area contributed by atoms with Crippen molar-refractivity contribution in [1.29, 1.82) is 0 Å². The number of carbonyl (C=O) groups is 1. The number of ether oxygens (including phenoxy) is 1. The van der Waals surface area contributed by atoms with Gasteiger partial charge in [0.2, 0.25) is 5.91 Å². The second-order valence-electron chi connectivity index (χ2n) is 7.72. The Morgan fingerprint density at radius 2 is 1.96 bits per heavy atom. The Morgan fingerprint density at radius 1 is 1.24 bits per heavy atom. The summed E-state index contributed by atoms with van der Waals surface area (Å²) in [6.07, 6.45) is 7.56. The summed E-state index contributed by atoms with van der Waals surface area (Å²) < 4.78 is 5.48. The zero-order chi connectivity index (χ0) is 17.6. The second kappa shape index (κ2) is 8.70. The van der Waals surface area contributed by atoms with Crippen LogP contribution in [-0.4, -0.2) is 43.1 Å². The van der Waals surface area contributed by atoms with Gasteiger partial charge in [0, 0.05) is 18.5 Å². The number of nitrogens with zero attached hydrogens (tertiary/aromatic N) is 1. The summed E-state index contributed by atoms with van der Waals surface area (Å²) in [6, 6.07) is 9.34. The van der Waals surface area contributed by atoms with Gasteiger partial charge < -0.3 is 15.0 Å². The summed E-state index contributed by atoms with van der Waals surface area (Å²) in [4.78, 5) is 14.4. The number of amides is 1. The Labute approximate surface area is 151 Å². The molecule has 25 heavy (non-hydrogen) atoms. The van der Waals surface area contributed by atoms with Crippen LogP contribution >= 0.6 is 0 Å². The van der Waals surface area contributed by atoms with Crippen LogP contribution in [-0.2, 0) is 11.2 Å². The summed E-state index contributed by atoms with van der Waals surface area (Å²) in [5.74, 6) is 1.96. The molecule has 1 heterocycles. The zero-order valence-corrected chi connectivity index (χ0v) is 15.7. The van der Waals surface area contributed by atoms with E-state index in [-0.39, 0.29) is 5.91 Å². The first-order valence-electron chi connectivity index (χ1n) is 9.81. The van der Waals surface area contributed by atoms with Gasteiger partial charge in [-0.1, -0.05) is 18.2 Å². The van der Waals surface area contributed by atoms with Crippen molar-refractivity contribution in [2.24, 2.45) is 5.92 Å². The standard InChI is InChI=1S/C21H32N2O2/c1-16(15-18-5-3-4-6-20(18)25-2)23-13-11-17(12-14-23)7-10-21(24)22-19-8-9-19/h3-6,16-17,19H,7-15H2,1-2H3,(H,22,24)/t16-/m1/s1. The first-order valence-corrected chi connectivity index (χ1v) is 9.81. The number of likely N-dealkylation sites (tertiary alicyclic amines) is 1. The summed E-state index contributed by atoms with van der Waals surface area (Å²) >= 11 is 0. The number of benzene rings is 1. The van der Waals surface area contributed by atoms with Crippen LogP contribution in [0.15, 0.2) is 24.3 Å². The van der Waals surface area contributed by atoms with Gasteiger partial charge in [-0.25, -0.2) is 0 Å². The van der Waals surface area contributed by atoms with Crippen LogP contribution < -0.4 is 10.1 Å². The molecule has 1 saturated heterocycles. The van der Waals surface area contributed by atoms with Crippen LogP contribution in [0.3, 0.4) is 0 Å². The number of piperidine rings is 1. The summed E-state index contributed by atoms with van der Waals surface area (Å²) in [6.45, 7) is 4.60. The van der Waals surface area contributed by atoms with Gasteiger partial charge in [-0.05, 0) is 76.1 Å². The molecule has 4 nitrogen and oxygen atoms in total. The highest BCUT2D eigenvalue weighted by Crippen LogP contribution is 2.26. The van der Waals surface area contributed by atoms with Crippen molar-refractivity contribution in [1.82, 2.24) is 10.2 Å². The molecular formula is C21H32N2O2. The fourth-order valence-electron chi connectivity index (χ4n) is 3.86. The van der Waals surface area contributed by atoms with Crippen molar-refractivity contribution in [2.45, 2.75) is 64.0 Å². The molecule has 1 aromatic carbocycles. The van der Waals surface area contributed by atoms with Gasteiger partial charge >= 0.3 is 0 Å². The number of nitrogens with one attached hydrogen (secondary N) is 1. The highest BCUT2D eigenvalue weighted by Gasteiger charge is 2.26.